The zero-order chi connectivity index (χ0) is 19.7. The Balaban J connectivity index is 2.41. The molecule has 1 atom stereocenters. The maximum atomic E-state index is 12.1. The monoisotopic (exact) mass is 361 g/mol. The van der Waals surface area contributed by atoms with Crippen LogP contribution in [0, 0.1) is 11.3 Å². The fourth-order valence-corrected chi connectivity index (χ4v) is 1.81. The van der Waals surface area contributed by atoms with E-state index in [1.54, 1.807) is 45.0 Å². The summed E-state index contributed by atoms with van der Waals surface area (Å²) in [6, 6.07) is 8.46. The van der Waals surface area contributed by atoms with E-state index in [4.69, 9.17) is 14.7 Å². The van der Waals surface area contributed by atoms with Crippen molar-refractivity contribution in [1.82, 2.24) is 5.32 Å². The van der Waals surface area contributed by atoms with Crippen LogP contribution in [-0.2, 0) is 19.1 Å². The predicted molar refractivity (Wildman–Crippen MR) is 94.2 cm³/mol. The highest BCUT2D eigenvalue weighted by molar-refractivity contribution is 5.96. The number of hydrogen-bond donors (Lipinski definition) is 2. The quantitative estimate of drug-likeness (QED) is 0.751. The SMILES string of the molecule is C[C@H](OC(=O)CCNC(=O)OC(C)(C)C)C(=O)Nc1ccccc1C#N. The van der Waals surface area contributed by atoms with Crippen LogP contribution >= 0.6 is 0 Å². The molecular formula is C18H23N3O5. The van der Waals surface area contributed by atoms with Crippen LogP contribution in [0.3, 0.4) is 0 Å². The van der Waals surface area contributed by atoms with E-state index in [0.717, 1.165) is 0 Å². The molecule has 0 aromatic heterocycles. The number of esters is 1. The second kappa shape index (κ2) is 9.42. The van der Waals surface area contributed by atoms with Crippen molar-refractivity contribution in [3.63, 3.8) is 0 Å². The highest BCUT2D eigenvalue weighted by Crippen LogP contribution is 2.14. The number of amides is 2. The van der Waals surface area contributed by atoms with E-state index < -0.39 is 29.7 Å². The number of carbonyl (C=O) groups excluding carboxylic acids is 3. The Morgan fingerprint density at radius 3 is 2.50 bits per heavy atom. The Kier molecular flexibility index (Phi) is 7.59. The van der Waals surface area contributed by atoms with Gasteiger partial charge < -0.3 is 20.1 Å². The fourth-order valence-electron chi connectivity index (χ4n) is 1.81. The number of nitrogens with zero attached hydrogens (tertiary/aromatic N) is 1. The lowest BCUT2D eigenvalue weighted by Gasteiger charge is -2.19. The van der Waals surface area contributed by atoms with Crippen LogP contribution in [-0.4, -0.2) is 36.2 Å². The van der Waals surface area contributed by atoms with Crippen LogP contribution < -0.4 is 10.6 Å². The lowest BCUT2D eigenvalue weighted by molar-refractivity contribution is -0.153. The number of anilines is 1. The van der Waals surface area contributed by atoms with E-state index in [9.17, 15) is 14.4 Å². The van der Waals surface area contributed by atoms with Crippen LogP contribution in [0.4, 0.5) is 10.5 Å². The van der Waals surface area contributed by atoms with Gasteiger partial charge in [-0.1, -0.05) is 12.1 Å². The highest BCUT2D eigenvalue weighted by Gasteiger charge is 2.20. The number of alkyl carbamates (subject to hydrolysis) is 1. The van der Waals surface area contributed by atoms with Crippen LogP contribution in [0.5, 0.6) is 0 Å². The first-order valence-electron chi connectivity index (χ1n) is 8.08. The van der Waals surface area contributed by atoms with E-state index in [2.05, 4.69) is 10.6 Å². The maximum absolute atomic E-state index is 12.1. The number of rotatable bonds is 6. The normalized spacial score (nSPS) is 11.7. The number of benzene rings is 1. The molecule has 140 valence electrons. The van der Waals surface area contributed by atoms with Crippen molar-refractivity contribution in [2.75, 3.05) is 11.9 Å². The minimum absolute atomic E-state index is 0.0271. The summed E-state index contributed by atoms with van der Waals surface area (Å²) in [5.41, 5.74) is 0.0205. The molecule has 0 fully saturated rings. The molecule has 2 amide bonds. The second-order valence-corrected chi connectivity index (χ2v) is 6.46. The van der Waals surface area contributed by atoms with Crippen molar-refractivity contribution >= 4 is 23.7 Å². The van der Waals surface area contributed by atoms with Crippen LogP contribution in [0.1, 0.15) is 39.7 Å². The summed E-state index contributed by atoms with van der Waals surface area (Å²) < 4.78 is 10.0. The molecule has 8 nitrogen and oxygen atoms in total. The van der Waals surface area contributed by atoms with Gasteiger partial charge in [-0.15, -0.1) is 0 Å². The summed E-state index contributed by atoms with van der Waals surface area (Å²) in [4.78, 5) is 35.3. The molecule has 0 radical (unpaired) electrons. The van der Waals surface area contributed by atoms with Crippen molar-refractivity contribution < 1.29 is 23.9 Å². The van der Waals surface area contributed by atoms with Crippen molar-refractivity contribution in [2.24, 2.45) is 0 Å². The number of carbonyl (C=O) groups is 3. The Morgan fingerprint density at radius 2 is 1.88 bits per heavy atom. The van der Waals surface area contributed by atoms with E-state index in [-0.39, 0.29) is 13.0 Å². The smallest absolute Gasteiger partial charge is 0.407 e. The molecule has 1 aromatic carbocycles. The van der Waals surface area contributed by atoms with E-state index >= 15 is 0 Å². The molecule has 0 saturated heterocycles. The molecular weight excluding hydrogens is 338 g/mol. The zero-order valence-electron chi connectivity index (χ0n) is 15.3. The average molecular weight is 361 g/mol. The summed E-state index contributed by atoms with van der Waals surface area (Å²) in [7, 11) is 0. The summed E-state index contributed by atoms with van der Waals surface area (Å²) in [6.45, 7) is 6.63. The van der Waals surface area contributed by atoms with Gasteiger partial charge in [-0.05, 0) is 39.8 Å². The lowest BCUT2D eigenvalue weighted by atomic mass is 10.2. The van der Waals surface area contributed by atoms with Gasteiger partial charge in [-0.3, -0.25) is 9.59 Å². The molecule has 26 heavy (non-hydrogen) atoms. The number of hydrogen-bond acceptors (Lipinski definition) is 6. The molecule has 0 aliphatic rings. The Labute approximate surface area is 152 Å². The van der Waals surface area contributed by atoms with E-state index in [1.807, 2.05) is 6.07 Å². The van der Waals surface area contributed by atoms with Crippen LogP contribution in [0.2, 0.25) is 0 Å². The van der Waals surface area contributed by atoms with Crippen LogP contribution in [0.15, 0.2) is 24.3 Å². The third-order valence-corrected chi connectivity index (χ3v) is 2.98. The van der Waals surface area contributed by atoms with Gasteiger partial charge in [-0.2, -0.15) is 5.26 Å². The zero-order valence-corrected chi connectivity index (χ0v) is 15.3. The maximum Gasteiger partial charge on any atom is 0.407 e. The summed E-state index contributed by atoms with van der Waals surface area (Å²) in [6.07, 6.45) is -1.79. The average Bonchev–Trinajstić information content (AvgIpc) is 2.53. The molecule has 0 aliphatic carbocycles. The van der Waals surface area contributed by atoms with Crippen LogP contribution in [0.25, 0.3) is 0 Å². The molecule has 0 saturated carbocycles. The first kappa shape index (κ1) is 21.0. The molecule has 0 bridgehead atoms. The molecule has 8 heteroatoms. The van der Waals surface area contributed by atoms with Gasteiger partial charge in [-0.25, -0.2) is 4.79 Å². The van der Waals surface area contributed by atoms with Crippen molar-refractivity contribution in [3.05, 3.63) is 29.8 Å². The summed E-state index contributed by atoms with van der Waals surface area (Å²) >= 11 is 0. The number of nitrogens with one attached hydrogen (secondary N) is 2. The molecule has 0 unspecified atom stereocenters. The first-order chi connectivity index (χ1) is 12.1. The van der Waals surface area contributed by atoms with Crippen molar-refractivity contribution in [1.29, 1.82) is 5.26 Å². The minimum atomic E-state index is -1.05. The molecule has 1 aromatic rings. The highest BCUT2D eigenvalue weighted by atomic mass is 16.6. The van der Waals surface area contributed by atoms with E-state index in [1.165, 1.54) is 6.92 Å². The summed E-state index contributed by atoms with van der Waals surface area (Å²) in [5, 5.41) is 14.0. The Hall–Kier alpha value is -3.08. The number of ether oxygens (including phenoxy) is 2. The van der Waals surface area contributed by atoms with Gasteiger partial charge in [0.1, 0.15) is 11.7 Å². The molecule has 0 aliphatic heterocycles. The van der Waals surface area contributed by atoms with Gasteiger partial charge in [0.15, 0.2) is 6.10 Å². The Bertz CT molecular complexity index is 704. The van der Waals surface area contributed by atoms with Gasteiger partial charge >= 0.3 is 12.1 Å². The lowest BCUT2D eigenvalue weighted by Crippen LogP contribution is -2.35. The Morgan fingerprint density at radius 1 is 1.23 bits per heavy atom. The van der Waals surface area contributed by atoms with Crippen molar-refractivity contribution in [2.45, 2.75) is 45.8 Å². The molecule has 2 N–H and O–H groups in total. The van der Waals surface area contributed by atoms with Gasteiger partial charge in [0.05, 0.1) is 17.7 Å². The third kappa shape index (κ3) is 7.66. The fraction of sp³-hybridized carbons (Fsp3) is 0.444. The molecule has 1 rings (SSSR count). The second-order valence-electron chi connectivity index (χ2n) is 6.46. The first-order valence-corrected chi connectivity index (χ1v) is 8.08. The summed E-state index contributed by atoms with van der Waals surface area (Å²) in [5.74, 6) is -1.20. The van der Waals surface area contributed by atoms with Gasteiger partial charge in [0.2, 0.25) is 0 Å². The standard InChI is InChI=1S/C18H23N3O5/c1-12(16(23)21-14-8-6-5-7-13(14)11-19)25-15(22)9-10-20-17(24)26-18(2,3)4/h5-8,12H,9-10H2,1-4H3,(H,20,24)(H,21,23)/t12-/m0/s1. The molecule has 0 heterocycles. The van der Waals surface area contributed by atoms with E-state index in [0.29, 0.717) is 11.3 Å². The van der Waals surface area contributed by atoms with Gasteiger partial charge in [0.25, 0.3) is 5.91 Å². The number of nitriles is 1. The largest absolute Gasteiger partial charge is 0.452 e. The number of para-hydroxylation sites is 1. The molecule has 0 spiro atoms. The third-order valence-electron chi connectivity index (χ3n) is 2.98. The topological polar surface area (TPSA) is 118 Å². The predicted octanol–water partition coefficient (Wildman–Crippen LogP) is 2.34. The minimum Gasteiger partial charge on any atom is -0.452 e. The van der Waals surface area contributed by atoms with Crippen molar-refractivity contribution in [3.8, 4) is 6.07 Å². The van der Waals surface area contributed by atoms with Gasteiger partial charge in [0, 0.05) is 6.54 Å².